The summed E-state index contributed by atoms with van der Waals surface area (Å²) in [5.74, 6) is 2.36. The minimum absolute atomic E-state index is 0.0792. The van der Waals surface area contributed by atoms with E-state index < -0.39 is 9.84 Å². The summed E-state index contributed by atoms with van der Waals surface area (Å²) >= 11 is 0. The molecule has 1 aliphatic carbocycles. The van der Waals surface area contributed by atoms with Crippen molar-refractivity contribution in [3.63, 3.8) is 0 Å². The second-order valence-corrected chi connectivity index (χ2v) is 10.1. The summed E-state index contributed by atoms with van der Waals surface area (Å²) in [4.78, 5) is 4.56. The summed E-state index contributed by atoms with van der Waals surface area (Å²) in [6, 6.07) is 7.62. The van der Waals surface area contributed by atoms with Crippen LogP contribution in [0, 0.1) is 5.92 Å². The van der Waals surface area contributed by atoms with E-state index in [1.54, 1.807) is 6.92 Å². The van der Waals surface area contributed by atoms with Gasteiger partial charge in [-0.2, -0.15) is 0 Å². The molecule has 29 heavy (non-hydrogen) atoms. The highest BCUT2D eigenvalue weighted by Crippen LogP contribution is 2.28. The molecule has 164 valence electrons. The van der Waals surface area contributed by atoms with E-state index in [0.717, 1.165) is 30.4 Å². The Hall–Kier alpha value is -1.80. The molecule has 1 aromatic rings. The van der Waals surface area contributed by atoms with Gasteiger partial charge < -0.3 is 20.1 Å². The van der Waals surface area contributed by atoms with Crippen molar-refractivity contribution in [2.75, 3.05) is 43.1 Å². The number of benzene rings is 1. The van der Waals surface area contributed by atoms with Gasteiger partial charge in [0.1, 0.15) is 5.75 Å². The highest BCUT2D eigenvalue weighted by atomic mass is 32.2. The largest absolute Gasteiger partial charge is 0.491 e. The topological polar surface area (TPSA) is 89.0 Å². The van der Waals surface area contributed by atoms with Gasteiger partial charge in [-0.3, -0.25) is 4.99 Å². The molecule has 1 fully saturated rings. The van der Waals surface area contributed by atoms with Gasteiger partial charge in [-0.05, 0) is 63.3 Å². The van der Waals surface area contributed by atoms with E-state index in [4.69, 9.17) is 9.47 Å². The Morgan fingerprint density at radius 1 is 1.24 bits per heavy atom. The van der Waals surface area contributed by atoms with Gasteiger partial charge in [-0.1, -0.05) is 6.92 Å². The number of rotatable bonds is 13. The third-order valence-electron chi connectivity index (χ3n) is 4.40. The van der Waals surface area contributed by atoms with Gasteiger partial charge in [0.05, 0.1) is 11.9 Å². The van der Waals surface area contributed by atoms with Gasteiger partial charge in [-0.15, -0.1) is 0 Å². The van der Waals surface area contributed by atoms with Crippen molar-refractivity contribution in [1.29, 1.82) is 0 Å². The Bertz CT molecular complexity index is 729. The fraction of sp³-hybridized carbons (Fsp3) is 0.667. The number of hydrogen-bond acceptors (Lipinski definition) is 5. The molecule has 0 saturated heterocycles. The van der Waals surface area contributed by atoms with Crippen LogP contribution in [0.4, 0.5) is 5.69 Å². The van der Waals surface area contributed by atoms with E-state index in [1.165, 1.54) is 12.8 Å². The maximum Gasteiger partial charge on any atom is 0.195 e. The molecule has 0 radical (unpaired) electrons. The number of sulfone groups is 1. The molecule has 0 unspecified atom stereocenters. The van der Waals surface area contributed by atoms with Crippen LogP contribution in [0.1, 0.15) is 40.0 Å². The molecular formula is C21H35N3O4S. The maximum absolute atomic E-state index is 11.7. The predicted octanol–water partition coefficient (Wildman–Crippen LogP) is 3.08. The smallest absolute Gasteiger partial charge is 0.195 e. The highest BCUT2D eigenvalue weighted by Gasteiger charge is 2.20. The van der Waals surface area contributed by atoms with Crippen molar-refractivity contribution in [1.82, 2.24) is 5.32 Å². The van der Waals surface area contributed by atoms with Gasteiger partial charge in [-0.25, -0.2) is 8.42 Å². The Morgan fingerprint density at radius 2 is 1.97 bits per heavy atom. The van der Waals surface area contributed by atoms with Gasteiger partial charge in [0.2, 0.25) is 0 Å². The molecule has 0 amide bonds. The van der Waals surface area contributed by atoms with E-state index in [0.29, 0.717) is 25.7 Å². The van der Waals surface area contributed by atoms with Crippen LogP contribution in [0.3, 0.4) is 0 Å². The zero-order chi connectivity index (χ0) is 21.1. The van der Waals surface area contributed by atoms with Crippen LogP contribution >= 0.6 is 0 Å². The molecule has 2 rings (SSSR count). The fourth-order valence-electron chi connectivity index (χ4n) is 2.53. The molecule has 0 aliphatic heterocycles. The number of anilines is 1. The summed E-state index contributed by atoms with van der Waals surface area (Å²) in [5, 5.41) is 6.34. The second kappa shape index (κ2) is 12.0. The number of aliphatic imine (C=N–C) groups is 1. The van der Waals surface area contributed by atoms with E-state index in [2.05, 4.69) is 15.6 Å². The summed E-state index contributed by atoms with van der Waals surface area (Å²) in [7, 11) is -3.02. The Labute approximate surface area is 175 Å². The Balaban J connectivity index is 1.86. The minimum atomic E-state index is -3.02. The lowest BCUT2D eigenvalue weighted by Gasteiger charge is -2.14. The summed E-state index contributed by atoms with van der Waals surface area (Å²) in [6.07, 6.45) is 3.53. The molecule has 0 spiro atoms. The molecule has 1 aliphatic rings. The van der Waals surface area contributed by atoms with Crippen LogP contribution in [0.5, 0.6) is 5.75 Å². The van der Waals surface area contributed by atoms with Gasteiger partial charge in [0.15, 0.2) is 15.8 Å². The van der Waals surface area contributed by atoms with Crippen LogP contribution in [0.2, 0.25) is 0 Å². The SMILES string of the molecule is CCS(=O)(=O)CCNC(=NCCCOCC1CC1)Nc1ccc(OC(C)C)cc1. The zero-order valence-corrected chi connectivity index (χ0v) is 18.6. The molecule has 8 heteroatoms. The standard InChI is InChI=1S/C21H35N3O4S/c1-4-29(25,26)15-13-23-21(22-12-5-14-27-16-18-6-7-18)24-19-8-10-20(11-9-19)28-17(2)3/h8-11,17-18H,4-7,12-16H2,1-3H3,(H2,22,23,24). The minimum Gasteiger partial charge on any atom is -0.491 e. The first kappa shape index (κ1) is 23.5. The lowest BCUT2D eigenvalue weighted by Crippen LogP contribution is -2.35. The normalized spacial score (nSPS) is 14.8. The molecule has 0 bridgehead atoms. The van der Waals surface area contributed by atoms with Crippen molar-refractivity contribution in [3.8, 4) is 5.75 Å². The van der Waals surface area contributed by atoms with Crippen molar-refractivity contribution < 1.29 is 17.9 Å². The first-order chi connectivity index (χ1) is 13.9. The average molecular weight is 426 g/mol. The monoisotopic (exact) mass is 425 g/mol. The number of hydrogen-bond donors (Lipinski definition) is 2. The zero-order valence-electron chi connectivity index (χ0n) is 17.8. The molecule has 1 saturated carbocycles. The van der Waals surface area contributed by atoms with Crippen LogP contribution in [0.15, 0.2) is 29.3 Å². The number of guanidine groups is 1. The van der Waals surface area contributed by atoms with E-state index in [-0.39, 0.29) is 17.6 Å². The van der Waals surface area contributed by atoms with E-state index >= 15 is 0 Å². The molecule has 2 N–H and O–H groups in total. The third-order valence-corrected chi connectivity index (χ3v) is 6.11. The Kier molecular flexibility index (Phi) is 9.73. The van der Waals surface area contributed by atoms with Gasteiger partial charge in [0, 0.05) is 37.7 Å². The molecule has 0 heterocycles. The summed E-state index contributed by atoms with van der Waals surface area (Å²) in [6.45, 7) is 8.10. The van der Waals surface area contributed by atoms with E-state index in [1.807, 2.05) is 38.1 Å². The molecular weight excluding hydrogens is 390 g/mol. The lowest BCUT2D eigenvalue weighted by molar-refractivity contribution is 0.123. The molecule has 7 nitrogen and oxygen atoms in total. The third kappa shape index (κ3) is 10.5. The molecule has 0 atom stereocenters. The summed E-state index contributed by atoms with van der Waals surface area (Å²) < 4.78 is 34.8. The number of nitrogens with zero attached hydrogens (tertiary/aromatic N) is 1. The average Bonchev–Trinajstić information content (AvgIpc) is 3.49. The number of nitrogens with one attached hydrogen (secondary N) is 2. The predicted molar refractivity (Wildman–Crippen MR) is 119 cm³/mol. The first-order valence-electron chi connectivity index (χ1n) is 10.5. The van der Waals surface area contributed by atoms with Crippen LogP contribution in [-0.2, 0) is 14.6 Å². The lowest BCUT2D eigenvalue weighted by atomic mass is 10.3. The second-order valence-electron chi connectivity index (χ2n) is 7.58. The molecule has 0 aromatic heterocycles. The van der Waals surface area contributed by atoms with Gasteiger partial charge in [0.25, 0.3) is 0 Å². The fourth-order valence-corrected chi connectivity index (χ4v) is 3.23. The van der Waals surface area contributed by atoms with Crippen LogP contribution in [-0.4, -0.2) is 58.3 Å². The van der Waals surface area contributed by atoms with Crippen LogP contribution < -0.4 is 15.4 Å². The van der Waals surface area contributed by atoms with Gasteiger partial charge >= 0.3 is 0 Å². The first-order valence-corrected chi connectivity index (χ1v) is 12.3. The molecule has 1 aromatic carbocycles. The van der Waals surface area contributed by atoms with Crippen molar-refractivity contribution >= 4 is 21.5 Å². The summed E-state index contributed by atoms with van der Waals surface area (Å²) in [5.41, 5.74) is 0.857. The quantitative estimate of drug-likeness (QED) is 0.287. The number of ether oxygens (including phenoxy) is 2. The van der Waals surface area contributed by atoms with Crippen molar-refractivity contribution in [2.45, 2.75) is 46.1 Å². The van der Waals surface area contributed by atoms with Crippen LogP contribution in [0.25, 0.3) is 0 Å². The van der Waals surface area contributed by atoms with Crippen molar-refractivity contribution in [3.05, 3.63) is 24.3 Å². The van der Waals surface area contributed by atoms with Crippen molar-refractivity contribution in [2.24, 2.45) is 10.9 Å². The highest BCUT2D eigenvalue weighted by molar-refractivity contribution is 7.91. The van der Waals surface area contributed by atoms with E-state index in [9.17, 15) is 8.42 Å². The Morgan fingerprint density at radius 3 is 2.59 bits per heavy atom. The maximum atomic E-state index is 11.7.